The molecule has 35 heavy (non-hydrogen) atoms. The van der Waals surface area contributed by atoms with E-state index in [-0.39, 0.29) is 11.0 Å². The molecule has 0 saturated carbocycles. The molecule has 0 fully saturated rings. The van der Waals surface area contributed by atoms with Gasteiger partial charge in [0.05, 0.1) is 0 Å². The zero-order valence-corrected chi connectivity index (χ0v) is 27.3. The van der Waals surface area contributed by atoms with Crippen LogP contribution in [0.1, 0.15) is 131 Å². The van der Waals surface area contributed by atoms with Gasteiger partial charge in [-0.2, -0.15) is 0 Å². The molecule has 0 amide bonds. The van der Waals surface area contributed by atoms with E-state index in [1.54, 1.807) is 0 Å². The molecule has 0 aromatic carbocycles. The lowest BCUT2D eigenvalue weighted by Gasteiger charge is -2.53. The van der Waals surface area contributed by atoms with Crippen molar-refractivity contribution >= 4 is 0 Å². The summed E-state index contributed by atoms with van der Waals surface area (Å²) in [6, 6.07) is 0. The maximum absolute atomic E-state index is 4.00. The highest BCUT2D eigenvalue weighted by molar-refractivity contribution is 5.29. The van der Waals surface area contributed by atoms with E-state index in [9.17, 15) is 0 Å². The molecule has 0 saturated heterocycles. The summed E-state index contributed by atoms with van der Waals surface area (Å²) in [4.78, 5) is 2.55. The molecule has 0 bridgehead atoms. The van der Waals surface area contributed by atoms with Gasteiger partial charge in [-0.25, -0.2) is 0 Å². The number of allylic oxidation sites excluding steroid dienone is 6. The third-order valence-corrected chi connectivity index (χ3v) is 6.94. The Kier molecular flexibility index (Phi) is 33.4. The van der Waals surface area contributed by atoms with E-state index in [2.05, 4.69) is 117 Å². The number of terminal acetylenes is 1. The van der Waals surface area contributed by atoms with Crippen molar-refractivity contribution in [2.24, 2.45) is 17.3 Å². The summed E-state index contributed by atoms with van der Waals surface area (Å²) >= 11 is 0. The molecule has 208 valence electrons. The number of rotatable bonds is 8. The van der Waals surface area contributed by atoms with Gasteiger partial charge in [-0.05, 0) is 64.6 Å². The highest BCUT2D eigenvalue weighted by atomic mass is 15.2. The molecule has 1 nitrogen and oxygen atoms in total. The van der Waals surface area contributed by atoms with E-state index >= 15 is 0 Å². The fraction of sp³-hybridized carbons (Fsp3) is 0.706. The van der Waals surface area contributed by atoms with Crippen LogP contribution < -0.4 is 0 Å². The van der Waals surface area contributed by atoms with Crippen LogP contribution >= 0.6 is 0 Å². The van der Waals surface area contributed by atoms with Gasteiger partial charge in [-0.15, -0.1) is 12.8 Å². The van der Waals surface area contributed by atoms with Gasteiger partial charge in [0.1, 0.15) is 0 Å². The molecule has 0 spiro atoms. The molecule has 0 aromatic rings. The topological polar surface area (TPSA) is 3.24 Å². The highest BCUT2D eigenvalue weighted by Crippen LogP contribution is 2.52. The van der Waals surface area contributed by atoms with Crippen LogP contribution in [-0.2, 0) is 0 Å². The summed E-state index contributed by atoms with van der Waals surface area (Å²) in [5, 5.41) is 0. The average Bonchev–Trinajstić information content (AvgIpc) is 3.19. The Balaban J connectivity index is -0.000000265. The van der Waals surface area contributed by atoms with Crippen LogP contribution in [0.2, 0.25) is 0 Å². The fourth-order valence-corrected chi connectivity index (χ4v) is 4.35. The van der Waals surface area contributed by atoms with Crippen LogP contribution in [0.4, 0.5) is 0 Å². The van der Waals surface area contributed by atoms with Gasteiger partial charge in [0, 0.05) is 17.5 Å². The first kappa shape index (κ1) is 43.4. The minimum Gasteiger partial charge on any atom is -0.368 e. The van der Waals surface area contributed by atoms with E-state index in [1.165, 1.54) is 17.6 Å². The van der Waals surface area contributed by atoms with Crippen molar-refractivity contribution in [3.8, 4) is 12.8 Å². The van der Waals surface area contributed by atoms with Crippen LogP contribution in [0.3, 0.4) is 0 Å². The minimum atomic E-state index is 0.0690. The summed E-state index contributed by atoms with van der Waals surface area (Å²) in [5.41, 5.74) is 3.20. The van der Waals surface area contributed by atoms with Gasteiger partial charge >= 0.3 is 0 Å². The van der Waals surface area contributed by atoms with Crippen molar-refractivity contribution in [2.45, 2.75) is 136 Å². The Morgan fingerprint density at radius 3 is 1.63 bits per heavy atom. The highest BCUT2D eigenvalue weighted by Gasteiger charge is 2.51. The van der Waals surface area contributed by atoms with Gasteiger partial charge in [0.25, 0.3) is 0 Å². The molecule has 0 heterocycles. The lowest BCUT2D eigenvalue weighted by molar-refractivity contribution is -0.00679. The molecule has 1 aliphatic rings. The van der Waals surface area contributed by atoms with Gasteiger partial charge in [0.15, 0.2) is 0 Å². The summed E-state index contributed by atoms with van der Waals surface area (Å²) in [7, 11) is 0. The van der Waals surface area contributed by atoms with Gasteiger partial charge in [-0.3, -0.25) is 0 Å². The Morgan fingerprint density at radius 1 is 0.914 bits per heavy atom. The second-order valence-electron chi connectivity index (χ2n) is 8.39. The zero-order valence-electron chi connectivity index (χ0n) is 27.3. The smallest absolute Gasteiger partial charge is 0.0408 e. The second kappa shape index (κ2) is 26.9. The maximum atomic E-state index is 4.00. The molecular formula is C34H67N. The second-order valence-corrected chi connectivity index (χ2v) is 8.39. The van der Waals surface area contributed by atoms with Crippen molar-refractivity contribution < 1.29 is 0 Å². The number of hydrogen-bond acceptors (Lipinski definition) is 1. The molecule has 2 atom stereocenters. The predicted octanol–water partition coefficient (Wildman–Crippen LogP) is 11.5. The Bertz CT molecular complexity index is 571. The normalized spacial score (nSPS) is 20.9. The summed E-state index contributed by atoms with van der Waals surface area (Å²) in [5.74, 6) is 1.17. The quantitative estimate of drug-likeness (QED) is 0.186. The standard InChI is InChI=1S/C24H41N.4C2H6.C2H2/c1-10-13-22(19(4)12-3)16-18-25(17-11-2)23(7,8)24(9)20(5)14-15-21(24)6;5*1-2/h11-12,14-17,20-21H,10,13,18H2,1-9H3;4*1-2H3;1-2H/b17-11-,19-12+,22-16+;;;;;. The van der Waals surface area contributed by atoms with Gasteiger partial charge in [-0.1, -0.05) is 125 Å². The first-order valence-corrected chi connectivity index (χ1v) is 14.4. The molecule has 1 heteroatoms. The van der Waals surface area contributed by atoms with Crippen molar-refractivity contribution in [1.82, 2.24) is 4.90 Å². The summed E-state index contributed by atoms with van der Waals surface area (Å²) < 4.78 is 0. The molecular weight excluding hydrogens is 422 g/mol. The van der Waals surface area contributed by atoms with Crippen LogP contribution in [0.5, 0.6) is 0 Å². The van der Waals surface area contributed by atoms with Crippen LogP contribution in [0.25, 0.3) is 0 Å². The van der Waals surface area contributed by atoms with Gasteiger partial charge in [0.2, 0.25) is 0 Å². The minimum absolute atomic E-state index is 0.0690. The Hall–Kier alpha value is -1.68. The van der Waals surface area contributed by atoms with E-state index < -0.39 is 0 Å². The lowest BCUT2D eigenvalue weighted by atomic mass is 9.61. The first-order valence-electron chi connectivity index (χ1n) is 14.4. The van der Waals surface area contributed by atoms with E-state index in [0.717, 1.165) is 13.0 Å². The maximum Gasteiger partial charge on any atom is 0.0408 e. The Morgan fingerprint density at radius 2 is 1.31 bits per heavy atom. The molecule has 0 aliphatic heterocycles. The molecule has 0 N–H and O–H groups in total. The van der Waals surface area contributed by atoms with E-state index in [0.29, 0.717) is 11.8 Å². The monoisotopic (exact) mass is 490 g/mol. The first-order chi connectivity index (χ1) is 16.7. The van der Waals surface area contributed by atoms with Crippen LogP contribution in [0, 0.1) is 30.1 Å². The number of nitrogens with zero attached hydrogens (tertiary/aromatic N) is 1. The molecule has 2 unspecified atom stereocenters. The predicted molar refractivity (Wildman–Crippen MR) is 169 cm³/mol. The summed E-state index contributed by atoms with van der Waals surface area (Å²) in [6.07, 6.45) is 24.3. The summed E-state index contributed by atoms with van der Waals surface area (Å²) in [6.45, 7) is 37.8. The van der Waals surface area contributed by atoms with Crippen molar-refractivity contribution in [3.63, 3.8) is 0 Å². The molecule has 0 aromatic heterocycles. The van der Waals surface area contributed by atoms with Gasteiger partial charge < -0.3 is 4.90 Å². The largest absolute Gasteiger partial charge is 0.368 e. The van der Waals surface area contributed by atoms with E-state index in [4.69, 9.17) is 0 Å². The molecule has 1 rings (SSSR count). The van der Waals surface area contributed by atoms with E-state index in [1.807, 2.05) is 55.4 Å². The average molecular weight is 490 g/mol. The third-order valence-electron chi connectivity index (χ3n) is 6.94. The fourth-order valence-electron chi connectivity index (χ4n) is 4.35. The molecule has 1 aliphatic carbocycles. The lowest BCUT2D eigenvalue weighted by Crippen LogP contribution is -2.56. The van der Waals surface area contributed by atoms with Crippen molar-refractivity contribution in [2.75, 3.05) is 6.54 Å². The number of hydrogen-bond donors (Lipinski definition) is 0. The van der Waals surface area contributed by atoms with Crippen molar-refractivity contribution in [1.29, 1.82) is 0 Å². The van der Waals surface area contributed by atoms with Crippen molar-refractivity contribution in [3.05, 3.63) is 47.7 Å². The Labute approximate surface area is 225 Å². The SMILES string of the molecule is C#C.C/C=C\N(C/C=C(CCC)/C(C)=C/C)C(C)(C)C1(C)C(C)C=CC1C.CC.CC.CC.CC. The zero-order chi connectivity index (χ0) is 29.3. The molecule has 0 radical (unpaired) electrons. The third kappa shape index (κ3) is 13.3. The van der Waals surface area contributed by atoms with Crippen LogP contribution in [-0.4, -0.2) is 17.0 Å². The van der Waals surface area contributed by atoms with Crippen LogP contribution in [0.15, 0.2) is 47.7 Å².